The Morgan fingerprint density at radius 3 is 2.52 bits per heavy atom. The topological polar surface area (TPSA) is 72.2 Å². The predicted octanol–water partition coefficient (Wildman–Crippen LogP) is 2.92. The van der Waals surface area contributed by atoms with Crippen LogP contribution < -0.4 is 11.1 Å². The van der Waals surface area contributed by atoms with Crippen LogP contribution in [0.3, 0.4) is 0 Å². The van der Waals surface area contributed by atoms with Crippen molar-refractivity contribution in [3.05, 3.63) is 52.8 Å². The Balaban J connectivity index is 2.01. The lowest BCUT2D eigenvalue weighted by molar-refractivity contribution is -0.113. The lowest BCUT2D eigenvalue weighted by atomic mass is 10.3. The molecule has 0 fully saturated rings. The van der Waals surface area contributed by atoms with E-state index in [-0.39, 0.29) is 16.3 Å². The van der Waals surface area contributed by atoms with E-state index in [4.69, 9.17) is 5.73 Å². The van der Waals surface area contributed by atoms with Crippen molar-refractivity contribution in [2.75, 3.05) is 16.8 Å². The van der Waals surface area contributed by atoms with Gasteiger partial charge in [-0.1, -0.05) is 15.9 Å². The van der Waals surface area contributed by atoms with Crippen LogP contribution in [0.1, 0.15) is 0 Å². The summed E-state index contributed by atoms with van der Waals surface area (Å²) in [6.07, 6.45) is 0. The highest BCUT2D eigenvalue weighted by Crippen LogP contribution is 2.16. The summed E-state index contributed by atoms with van der Waals surface area (Å²) in [5, 5.41) is 2.62. The van der Waals surface area contributed by atoms with Crippen LogP contribution in [0.25, 0.3) is 0 Å². The van der Waals surface area contributed by atoms with Crippen LogP contribution >= 0.6 is 15.9 Å². The number of nitrogen functional groups attached to an aromatic ring is 1. The summed E-state index contributed by atoms with van der Waals surface area (Å²) in [6.45, 7) is 0. The van der Waals surface area contributed by atoms with Gasteiger partial charge in [-0.05, 0) is 42.5 Å². The summed E-state index contributed by atoms with van der Waals surface area (Å²) in [5.74, 6) is -1.26. The summed E-state index contributed by atoms with van der Waals surface area (Å²) in [6, 6.07) is 10.6. The highest BCUT2D eigenvalue weighted by molar-refractivity contribution is 9.10. The molecule has 0 radical (unpaired) electrons. The van der Waals surface area contributed by atoms with Gasteiger partial charge in [-0.15, -0.1) is 0 Å². The van der Waals surface area contributed by atoms with Gasteiger partial charge in [-0.2, -0.15) is 0 Å². The second-order valence-electron chi connectivity index (χ2n) is 4.27. The summed E-state index contributed by atoms with van der Waals surface area (Å²) in [7, 11) is -1.65. The number of hydrogen-bond donors (Lipinski definition) is 2. The molecule has 0 aromatic heterocycles. The first-order valence-electron chi connectivity index (χ1n) is 5.94. The number of nitrogens with two attached hydrogens (primary N) is 1. The maximum Gasteiger partial charge on any atom is 0.237 e. The Kier molecular flexibility index (Phi) is 5.08. The molecule has 2 aromatic carbocycles. The molecule has 0 spiro atoms. The number of amides is 1. The van der Waals surface area contributed by atoms with Gasteiger partial charge in [0.1, 0.15) is 11.6 Å². The van der Waals surface area contributed by atoms with Crippen LogP contribution in [0.2, 0.25) is 0 Å². The van der Waals surface area contributed by atoms with E-state index in [0.29, 0.717) is 5.69 Å². The van der Waals surface area contributed by atoms with Crippen molar-refractivity contribution in [2.24, 2.45) is 0 Å². The van der Waals surface area contributed by atoms with Crippen LogP contribution in [-0.4, -0.2) is 15.9 Å². The molecule has 0 aliphatic heterocycles. The molecule has 7 heteroatoms. The zero-order valence-corrected chi connectivity index (χ0v) is 13.2. The zero-order chi connectivity index (χ0) is 15.4. The van der Waals surface area contributed by atoms with E-state index in [9.17, 15) is 13.4 Å². The highest BCUT2D eigenvalue weighted by atomic mass is 79.9. The van der Waals surface area contributed by atoms with E-state index in [1.54, 1.807) is 24.3 Å². The fraction of sp³-hybridized carbons (Fsp3) is 0.0714. The average molecular weight is 371 g/mol. The minimum absolute atomic E-state index is 0.173. The predicted molar refractivity (Wildman–Crippen MR) is 84.9 cm³/mol. The first-order chi connectivity index (χ1) is 9.94. The third-order valence-electron chi connectivity index (χ3n) is 2.55. The Bertz CT molecular complexity index is 672. The molecule has 1 unspecified atom stereocenters. The molecular weight excluding hydrogens is 359 g/mol. The van der Waals surface area contributed by atoms with Gasteiger partial charge in [0.15, 0.2) is 0 Å². The highest BCUT2D eigenvalue weighted by Gasteiger charge is 2.12. The van der Waals surface area contributed by atoms with Crippen LogP contribution in [-0.2, 0) is 15.6 Å². The molecule has 1 atom stereocenters. The van der Waals surface area contributed by atoms with E-state index >= 15 is 0 Å². The van der Waals surface area contributed by atoms with Crippen LogP contribution in [0.4, 0.5) is 15.8 Å². The molecule has 0 saturated heterocycles. The fourth-order valence-electron chi connectivity index (χ4n) is 1.65. The summed E-state index contributed by atoms with van der Waals surface area (Å²) >= 11 is 3.29. The van der Waals surface area contributed by atoms with Crippen molar-refractivity contribution in [1.29, 1.82) is 0 Å². The SMILES string of the molecule is Nc1cc(F)cc(S(=O)CC(=O)Nc2ccc(Br)cc2)c1. The molecule has 21 heavy (non-hydrogen) atoms. The molecule has 0 heterocycles. The van der Waals surface area contributed by atoms with Gasteiger partial charge in [-0.25, -0.2) is 4.39 Å². The first kappa shape index (κ1) is 15.7. The first-order valence-corrected chi connectivity index (χ1v) is 8.05. The number of nitrogens with one attached hydrogen (secondary N) is 1. The van der Waals surface area contributed by atoms with Crippen molar-refractivity contribution in [1.82, 2.24) is 0 Å². The molecule has 110 valence electrons. The molecule has 0 bridgehead atoms. The molecule has 0 aliphatic rings. The van der Waals surface area contributed by atoms with Crippen molar-refractivity contribution in [3.63, 3.8) is 0 Å². The standard InChI is InChI=1S/C14H12BrFN2O2S/c15-9-1-3-12(4-2-9)18-14(19)8-21(20)13-6-10(16)5-11(17)7-13/h1-7H,8,17H2,(H,18,19). The number of carbonyl (C=O) groups excluding carboxylic acids is 1. The molecule has 1 amide bonds. The van der Waals surface area contributed by atoms with Gasteiger partial charge in [0.2, 0.25) is 5.91 Å². The van der Waals surface area contributed by atoms with Gasteiger partial charge in [0, 0.05) is 20.7 Å². The normalized spacial score (nSPS) is 11.9. The number of benzene rings is 2. The van der Waals surface area contributed by atoms with E-state index in [0.717, 1.165) is 16.6 Å². The number of hydrogen-bond acceptors (Lipinski definition) is 3. The van der Waals surface area contributed by atoms with Gasteiger partial charge in [0.05, 0.1) is 10.8 Å². The Morgan fingerprint density at radius 2 is 1.90 bits per heavy atom. The van der Waals surface area contributed by atoms with E-state index in [1.165, 1.54) is 6.07 Å². The Morgan fingerprint density at radius 1 is 1.24 bits per heavy atom. The number of carbonyl (C=O) groups is 1. The molecule has 2 aromatic rings. The van der Waals surface area contributed by atoms with Gasteiger partial charge in [-0.3, -0.25) is 9.00 Å². The molecular formula is C14H12BrFN2O2S. The molecule has 3 N–H and O–H groups in total. The summed E-state index contributed by atoms with van der Waals surface area (Å²) in [5.41, 5.74) is 6.26. The van der Waals surface area contributed by atoms with Crippen molar-refractivity contribution < 1.29 is 13.4 Å². The van der Waals surface area contributed by atoms with Gasteiger partial charge < -0.3 is 11.1 Å². The summed E-state index contributed by atoms with van der Waals surface area (Å²) < 4.78 is 26.1. The largest absolute Gasteiger partial charge is 0.399 e. The number of rotatable bonds is 4. The van der Waals surface area contributed by atoms with Crippen LogP contribution in [0, 0.1) is 5.82 Å². The Hall–Kier alpha value is -1.73. The zero-order valence-electron chi connectivity index (χ0n) is 10.8. The third-order valence-corrected chi connectivity index (χ3v) is 4.36. The van der Waals surface area contributed by atoms with Crippen LogP contribution in [0.5, 0.6) is 0 Å². The second kappa shape index (κ2) is 6.82. The molecule has 2 rings (SSSR count). The molecule has 0 aliphatic carbocycles. The lowest BCUT2D eigenvalue weighted by Gasteiger charge is -2.06. The minimum Gasteiger partial charge on any atom is -0.399 e. The smallest absolute Gasteiger partial charge is 0.237 e. The van der Waals surface area contributed by atoms with E-state index < -0.39 is 22.5 Å². The lowest BCUT2D eigenvalue weighted by Crippen LogP contribution is -2.19. The van der Waals surface area contributed by atoms with Gasteiger partial charge in [0.25, 0.3) is 0 Å². The van der Waals surface area contributed by atoms with Gasteiger partial charge >= 0.3 is 0 Å². The Labute approximate surface area is 132 Å². The maximum atomic E-state index is 13.2. The van der Waals surface area contributed by atoms with Crippen molar-refractivity contribution in [2.45, 2.75) is 4.90 Å². The second-order valence-corrected chi connectivity index (χ2v) is 6.63. The number of anilines is 2. The van der Waals surface area contributed by atoms with Crippen molar-refractivity contribution in [3.8, 4) is 0 Å². The molecule has 4 nitrogen and oxygen atoms in total. The summed E-state index contributed by atoms with van der Waals surface area (Å²) in [4.78, 5) is 12.0. The quantitative estimate of drug-likeness (QED) is 0.812. The van der Waals surface area contributed by atoms with Crippen molar-refractivity contribution >= 4 is 44.0 Å². The third kappa shape index (κ3) is 4.64. The van der Waals surface area contributed by atoms with E-state index in [2.05, 4.69) is 21.2 Å². The monoisotopic (exact) mass is 370 g/mol. The minimum atomic E-state index is -1.65. The fourth-order valence-corrected chi connectivity index (χ4v) is 2.90. The molecule has 0 saturated carbocycles. The average Bonchev–Trinajstić information content (AvgIpc) is 2.40. The van der Waals surface area contributed by atoms with E-state index in [1.807, 2.05) is 0 Å². The number of halogens is 2. The van der Waals surface area contributed by atoms with Crippen LogP contribution in [0.15, 0.2) is 51.8 Å². The maximum absolute atomic E-state index is 13.2.